The standard InChI is InChI=1S/C15H18N4O7S/c1-9-12(10(2)26-18-9)8-25-15(20)7-17-27(23,24)11-4-5-13(16-3)14(6-11)19(21)22/h4-6,16-17H,7-8H2,1-3H3. The molecule has 1 aromatic carbocycles. The Balaban J connectivity index is 2.03. The molecule has 27 heavy (non-hydrogen) atoms. The summed E-state index contributed by atoms with van der Waals surface area (Å²) in [6.07, 6.45) is 0. The molecule has 1 heterocycles. The molecule has 2 rings (SSSR count). The van der Waals surface area contributed by atoms with Gasteiger partial charge in [-0.15, -0.1) is 0 Å². The zero-order chi connectivity index (χ0) is 20.2. The van der Waals surface area contributed by atoms with Gasteiger partial charge < -0.3 is 14.6 Å². The Morgan fingerprint density at radius 1 is 1.37 bits per heavy atom. The van der Waals surface area contributed by atoms with Gasteiger partial charge in [0.15, 0.2) is 0 Å². The lowest BCUT2D eigenvalue weighted by Gasteiger charge is -2.09. The highest BCUT2D eigenvalue weighted by Crippen LogP contribution is 2.27. The van der Waals surface area contributed by atoms with Crippen molar-refractivity contribution in [1.29, 1.82) is 0 Å². The topological polar surface area (TPSA) is 154 Å². The zero-order valence-electron chi connectivity index (χ0n) is 14.8. The van der Waals surface area contributed by atoms with Crippen LogP contribution in [0.25, 0.3) is 0 Å². The van der Waals surface area contributed by atoms with Crippen molar-refractivity contribution >= 4 is 27.4 Å². The third-order valence-electron chi connectivity index (χ3n) is 3.71. The molecule has 1 aromatic heterocycles. The predicted octanol–water partition coefficient (Wildman–Crippen LogP) is 1.26. The highest BCUT2D eigenvalue weighted by atomic mass is 32.2. The Bertz CT molecular complexity index is 949. The van der Waals surface area contributed by atoms with Gasteiger partial charge in [0.1, 0.15) is 24.6 Å². The second kappa shape index (κ2) is 8.14. The molecule has 0 radical (unpaired) electrons. The number of nitrogens with one attached hydrogen (secondary N) is 2. The average Bonchev–Trinajstić information content (AvgIpc) is 2.95. The van der Waals surface area contributed by atoms with Crippen molar-refractivity contribution < 1.29 is 27.4 Å². The summed E-state index contributed by atoms with van der Waals surface area (Å²) in [5, 5.41) is 17.4. The molecule has 11 nitrogen and oxygen atoms in total. The lowest BCUT2D eigenvalue weighted by Crippen LogP contribution is -2.30. The molecular formula is C15H18N4O7S. The number of nitro groups is 1. The first-order valence-electron chi connectivity index (χ1n) is 7.69. The molecule has 0 unspecified atom stereocenters. The van der Waals surface area contributed by atoms with Crippen LogP contribution in [-0.2, 0) is 26.2 Å². The van der Waals surface area contributed by atoms with E-state index >= 15 is 0 Å². The highest BCUT2D eigenvalue weighted by molar-refractivity contribution is 7.89. The fourth-order valence-corrected chi connectivity index (χ4v) is 3.18. The van der Waals surface area contributed by atoms with Crippen molar-refractivity contribution in [2.24, 2.45) is 0 Å². The van der Waals surface area contributed by atoms with Crippen molar-refractivity contribution in [3.05, 3.63) is 45.3 Å². The molecule has 0 fully saturated rings. The first kappa shape index (κ1) is 20.3. The maximum atomic E-state index is 12.3. The quantitative estimate of drug-likeness (QED) is 0.380. The van der Waals surface area contributed by atoms with Crippen molar-refractivity contribution in [2.75, 3.05) is 18.9 Å². The molecule has 2 N–H and O–H groups in total. The fraction of sp³-hybridized carbons (Fsp3) is 0.333. The van der Waals surface area contributed by atoms with E-state index in [-0.39, 0.29) is 17.2 Å². The number of nitro benzene ring substituents is 1. The Kier molecular flexibility index (Phi) is 6.13. The number of carbonyl (C=O) groups is 1. The van der Waals surface area contributed by atoms with Gasteiger partial charge in [0, 0.05) is 13.1 Å². The number of sulfonamides is 1. The molecule has 0 aliphatic heterocycles. The number of rotatable bonds is 8. The number of nitrogens with zero attached hydrogens (tertiary/aromatic N) is 2. The van der Waals surface area contributed by atoms with Crippen molar-refractivity contribution in [3.8, 4) is 0 Å². The van der Waals surface area contributed by atoms with E-state index in [4.69, 9.17) is 9.26 Å². The van der Waals surface area contributed by atoms with Gasteiger partial charge in [0.2, 0.25) is 10.0 Å². The van der Waals surface area contributed by atoms with E-state index in [0.29, 0.717) is 17.0 Å². The van der Waals surface area contributed by atoms with E-state index in [2.05, 4.69) is 15.2 Å². The fourth-order valence-electron chi connectivity index (χ4n) is 2.19. The maximum Gasteiger partial charge on any atom is 0.321 e. The van der Waals surface area contributed by atoms with Crippen LogP contribution in [0.3, 0.4) is 0 Å². The summed E-state index contributed by atoms with van der Waals surface area (Å²) < 4.78 is 36.5. The van der Waals surface area contributed by atoms with Crippen LogP contribution in [-0.4, -0.2) is 38.1 Å². The van der Waals surface area contributed by atoms with E-state index in [1.807, 2.05) is 0 Å². The number of hydrogen-bond donors (Lipinski definition) is 2. The van der Waals surface area contributed by atoms with Crippen molar-refractivity contribution in [2.45, 2.75) is 25.3 Å². The number of aromatic nitrogens is 1. The summed E-state index contributed by atoms with van der Waals surface area (Å²) in [5.41, 5.74) is 0.932. The molecule has 0 amide bonds. The van der Waals surface area contributed by atoms with Gasteiger partial charge in [-0.3, -0.25) is 14.9 Å². The van der Waals surface area contributed by atoms with Crippen LogP contribution in [0.2, 0.25) is 0 Å². The van der Waals surface area contributed by atoms with Crippen LogP contribution in [0.4, 0.5) is 11.4 Å². The Morgan fingerprint density at radius 2 is 2.07 bits per heavy atom. The van der Waals surface area contributed by atoms with Crippen LogP contribution < -0.4 is 10.0 Å². The average molecular weight is 398 g/mol. The first-order chi connectivity index (χ1) is 12.7. The number of aryl methyl sites for hydroxylation is 2. The van der Waals surface area contributed by atoms with Crippen LogP contribution in [0.5, 0.6) is 0 Å². The molecule has 2 aromatic rings. The van der Waals surface area contributed by atoms with E-state index in [0.717, 1.165) is 6.07 Å². The first-order valence-corrected chi connectivity index (χ1v) is 9.17. The predicted molar refractivity (Wildman–Crippen MR) is 93.6 cm³/mol. The van der Waals surface area contributed by atoms with Gasteiger partial charge in [0.05, 0.1) is 21.1 Å². The third-order valence-corrected chi connectivity index (χ3v) is 5.11. The molecule has 0 aliphatic rings. The van der Waals surface area contributed by atoms with Gasteiger partial charge in [-0.05, 0) is 26.0 Å². The second-order valence-corrected chi connectivity index (χ2v) is 7.24. The largest absolute Gasteiger partial charge is 0.460 e. The minimum atomic E-state index is -4.14. The summed E-state index contributed by atoms with van der Waals surface area (Å²) in [4.78, 5) is 21.8. The number of hydrogen-bond acceptors (Lipinski definition) is 9. The number of carbonyl (C=O) groups excluding carboxylic acids is 1. The SMILES string of the molecule is CNc1ccc(S(=O)(=O)NCC(=O)OCc2c(C)noc2C)cc1[N+](=O)[O-]. The summed E-state index contributed by atoms with van der Waals surface area (Å²) >= 11 is 0. The van der Waals surface area contributed by atoms with Gasteiger partial charge >= 0.3 is 5.97 Å². The molecular weight excluding hydrogens is 380 g/mol. The number of benzene rings is 1. The van der Waals surface area contributed by atoms with E-state index in [1.165, 1.54) is 19.2 Å². The van der Waals surface area contributed by atoms with E-state index < -0.39 is 33.1 Å². The summed E-state index contributed by atoms with van der Waals surface area (Å²) in [6.45, 7) is 2.61. The molecule has 0 spiro atoms. The zero-order valence-corrected chi connectivity index (χ0v) is 15.6. The van der Waals surface area contributed by atoms with Crippen LogP contribution >= 0.6 is 0 Å². The molecule has 0 bridgehead atoms. The van der Waals surface area contributed by atoms with Crippen LogP contribution in [0, 0.1) is 24.0 Å². The second-order valence-electron chi connectivity index (χ2n) is 5.47. The molecule has 12 heteroatoms. The van der Waals surface area contributed by atoms with Crippen LogP contribution in [0.15, 0.2) is 27.6 Å². The van der Waals surface area contributed by atoms with E-state index in [1.54, 1.807) is 13.8 Å². The molecule has 0 saturated heterocycles. The van der Waals surface area contributed by atoms with E-state index in [9.17, 15) is 23.3 Å². The highest BCUT2D eigenvalue weighted by Gasteiger charge is 2.22. The Hall–Kier alpha value is -2.99. The molecule has 146 valence electrons. The number of esters is 1. The number of ether oxygens (including phenoxy) is 1. The number of anilines is 1. The maximum absolute atomic E-state index is 12.3. The summed E-state index contributed by atoms with van der Waals surface area (Å²) in [6, 6.07) is 3.36. The lowest BCUT2D eigenvalue weighted by atomic mass is 10.2. The normalized spacial score (nSPS) is 11.2. The van der Waals surface area contributed by atoms with Gasteiger partial charge in [-0.2, -0.15) is 4.72 Å². The van der Waals surface area contributed by atoms with Gasteiger partial charge in [0.25, 0.3) is 5.69 Å². The van der Waals surface area contributed by atoms with Crippen molar-refractivity contribution in [1.82, 2.24) is 9.88 Å². The lowest BCUT2D eigenvalue weighted by molar-refractivity contribution is -0.384. The Labute approximate surface area is 154 Å². The Morgan fingerprint density at radius 3 is 2.63 bits per heavy atom. The minimum absolute atomic E-state index is 0.107. The molecule has 0 atom stereocenters. The summed E-state index contributed by atoms with van der Waals surface area (Å²) in [5.74, 6) is -0.322. The van der Waals surface area contributed by atoms with Gasteiger partial charge in [-0.25, -0.2) is 8.42 Å². The molecule has 0 saturated carbocycles. The van der Waals surface area contributed by atoms with Crippen molar-refractivity contribution in [3.63, 3.8) is 0 Å². The minimum Gasteiger partial charge on any atom is -0.460 e. The van der Waals surface area contributed by atoms with Crippen LogP contribution in [0.1, 0.15) is 17.0 Å². The monoisotopic (exact) mass is 398 g/mol. The third kappa shape index (κ3) is 4.80. The summed E-state index contributed by atoms with van der Waals surface area (Å²) in [7, 11) is -2.66. The molecule has 0 aliphatic carbocycles. The van der Waals surface area contributed by atoms with Gasteiger partial charge in [-0.1, -0.05) is 5.16 Å². The smallest absolute Gasteiger partial charge is 0.321 e.